The maximum absolute atomic E-state index is 6.21. The largest absolute Gasteiger partial charge is 0.0823 e. The molecule has 0 heterocycles. The summed E-state index contributed by atoms with van der Waals surface area (Å²) in [5.74, 6) is 0. The first-order chi connectivity index (χ1) is 11.1. The van der Waals surface area contributed by atoms with Crippen LogP contribution in [0.3, 0.4) is 0 Å². The van der Waals surface area contributed by atoms with Crippen molar-refractivity contribution in [3.63, 3.8) is 0 Å². The molecule has 0 saturated carbocycles. The molecule has 2 aromatic carbocycles. The Morgan fingerprint density at radius 2 is 0.458 bits per heavy atom. The van der Waals surface area contributed by atoms with E-state index in [0.29, 0.717) is 24.0 Å². The Labute approximate surface area is 188 Å². The zero-order chi connectivity index (χ0) is 18.3. The minimum Gasteiger partial charge on any atom is -0.0823 e. The van der Waals surface area contributed by atoms with Gasteiger partial charge < -0.3 is 0 Å². The summed E-state index contributed by atoms with van der Waals surface area (Å²) in [7, 11) is 0. The molecule has 0 saturated heterocycles. The van der Waals surface area contributed by atoms with Crippen LogP contribution in [0.25, 0.3) is 0 Å². The molecule has 0 radical (unpaired) electrons. The highest BCUT2D eigenvalue weighted by atomic mass is 35.5. The maximum atomic E-state index is 6.21. The molecule has 0 spiro atoms. The van der Waals surface area contributed by atoms with Gasteiger partial charge in [0.05, 0.1) is 50.2 Å². The Hall–Kier alpha value is 1.34. The average molecular weight is 527 g/mol. The zero-order valence-electron chi connectivity index (χ0n) is 11.2. The molecule has 0 aromatic heterocycles. The summed E-state index contributed by atoms with van der Waals surface area (Å²) in [6.07, 6.45) is 0.643. The third-order valence-corrected chi connectivity index (χ3v) is 7.94. The fourth-order valence-corrected chi connectivity index (χ4v) is 4.72. The van der Waals surface area contributed by atoms with Crippen molar-refractivity contribution in [2.75, 3.05) is 0 Å². The molecule has 24 heavy (non-hydrogen) atoms. The van der Waals surface area contributed by atoms with Crippen molar-refractivity contribution in [2.45, 2.75) is 12.8 Å². The van der Waals surface area contributed by atoms with Crippen molar-refractivity contribution in [3.8, 4) is 0 Å². The van der Waals surface area contributed by atoms with Crippen LogP contribution in [0.4, 0.5) is 0 Å². The molecule has 0 aliphatic carbocycles. The van der Waals surface area contributed by atoms with Crippen molar-refractivity contribution in [1.82, 2.24) is 0 Å². The molecular weight excluding hydrogens is 523 g/mol. The highest BCUT2D eigenvalue weighted by molar-refractivity contribution is 6.56. The second-order valence-corrected chi connectivity index (χ2v) is 8.38. The van der Waals surface area contributed by atoms with Gasteiger partial charge in [-0.2, -0.15) is 0 Å². The standard InChI is InChI=1S/C14H4Cl10/c15-5-3(6(16)10(20)13(23)9(5)19)1-2-4-7(17)11(21)14(24)12(22)8(4)18/h1-2H2. The van der Waals surface area contributed by atoms with Crippen molar-refractivity contribution in [2.24, 2.45) is 0 Å². The number of benzene rings is 2. The third-order valence-electron chi connectivity index (χ3n) is 3.23. The lowest BCUT2D eigenvalue weighted by molar-refractivity contribution is 0.961. The lowest BCUT2D eigenvalue weighted by Crippen LogP contribution is -1.98. The third kappa shape index (κ3) is 3.94. The number of halogens is 10. The van der Waals surface area contributed by atoms with E-state index in [1.165, 1.54) is 0 Å². The van der Waals surface area contributed by atoms with Crippen LogP contribution in [0.2, 0.25) is 50.2 Å². The molecule has 0 N–H and O–H groups in total. The van der Waals surface area contributed by atoms with E-state index >= 15 is 0 Å². The lowest BCUT2D eigenvalue weighted by Gasteiger charge is -2.15. The maximum Gasteiger partial charge on any atom is 0.0809 e. The molecule has 0 fully saturated rings. The summed E-state index contributed by atoms with van der Waals surface area (Å²) < 4.78 is 0. The van der Waals surface area contributed by atoms with Crippen molar-refractivity contribution < 1.29 is 0 Å². The van der Waals surface area contributed by atoms with Crippen molar-refractivity contribution in [1.29, 1.82) is 0 Å². The summed E-state index contributed by atoms with van der Waals surface area (Å²) in [6, 6.07) is 0. The first-order valence-corrected chi connectivity index (χ1v) is 9.88. The van der Waals surface area contributed by atoms with Gasteiger partial charge in [0.25, 0.3) is 0 Å². The smallest absolute Gasteiger partial charge is 0.0809 e. The summed E-state index contributed by atoms with van der Waals surface area (Å²) in [6.45, 7) is 0. The number of hydrogen-bond donors (Lipinski definition) is 0. The molecule has 0 unspecified atom stereocenters. The molecular formula is C14H4Cl10. The normalized spacial score (nSPS) is 11.2. The van der Waals surface area contributed by atoms with Gasteiger partial charge in [-0.25, -0.2) is 0 Å². The van der Waals surface area contributed by atoms with Gasteiger partial charge in [0.1, 0.15) is 0 Å². The Bertz CT molecular complexity index is 700. The van der Waals surface area contributed by atoms with Gasteiger partial charge in [0.15, 0.2) is 0 Å². The van der Waals surface area contributed by atoms with Gasteiger partial charge in [-0.3, -0.25) is 0 Å². The highest BCUT2D eigenvalue weighted by Crippen LogP contribution is 2.46. The SMILES string of the molecule is Clc1c(Cl)c(Cl)c(CCc2c(Cl)c(Cl)c(Cl)c(Cl)c2Cl)c(Cl)c1Cl. The van der Waals surface area contributed by atoms with Crippen LogP contribution in [-0.2, 0) is 12.8 Å². The van der Waals surface area contributed by atoms with Crippen LogP contribution in [-0.4, -0.2) is 0 Å². The predicted molar refractivity (Wildman–Crippen MR) is 110 cm³/mol. The van der Waals surface area contributed by atoms with E-state index in [1.54, 1.807) is 0 Å². The topological polar surface area (TPSA) is 0 Å². The molecule has 0 nitrogen and oxygen atoms in total. The van der Waals surface area contributed by atoms with E-state index in [9.17, 15) is 0 Å². The van der Waals surface area contributed by atoms with Gasteiger partial charge >= 0.3 is 0 Å². The van der Waals surface area contributed by atoms with Crippen molar-refractivity contribution in [3.05, 3.63) is 61.4 Å². The van der Waals surface area contributed by atoms with Crippen LogP contribution in [0.1, 0.15) is 11.1 Å². The summed E-state index contributed by atoms with van der Waals surface area (Å²) >= 11 is 61.0. The summed E-state index contributed by atoms with van der Waals surface area (Å²) in [5.41, 5.74) is 1.01. The molecule has 0 aliphatic heterocycles. The number of hydrogen-bond acceptors (Lipinski definition) is 0. The minimum atomic E-state index is 0.0886. The Morgan fingerprint density at radius 1 is 0.292 bits per heavy atom. The van der Waals surface area contributed by atoms with Crippen LogP contribution in [0.5, 0.6) is 0 Å². The first kappa shape index (κ1) is 21.6. The second kappa shape index (κ2) is 8.57. The van der Waals surface area contributed by atoms with Crippen LogP contribution < -0.4 is 0 Å². The van der Waals surface area contributed by atoms with Gasteiger partial charge in [-0.15, -0.1) is 0 Å². The summed E-state index contributed by atoms with van der Waals surface area (Å²) in [4.78, 5) is 0. The van der Waals surface area contributed by atoms with Gasteiger partial charge in [0.2, 0.25) is 0 Å². The molecule has 2 rings (SSSR count). The molecule has 0 aliphatic rings. The Kier molecular flexibility index (Phi) is 7.72. The molecule has 130 valence electrons. The Balaban J connectivity index is 2.48. The van der Waals surface area contributed by atoms with E-state index in [1.807, 2.05) is 0 Å². The molecule has 0 bridgehead atoms. The monoisotopic (exact) mass is 522 g/mol. The van der Waals surface area contributed by atoms with Gasteiger partial charge in [-0.1, -0.05) is 116 Å². The average Bonchev–Trinajstić information content (AvgIpc) is 2.57. The lowest BCUT2D eigenvalue weighted by atomic mass is 10.0. The Morgan fingerprint density at radius 3 is 0.667 bits per heavy atom. The van der Waals surface area contributed by atoms with E-state index < -0.39 is 0 Å². The zero-order valence-corrected chi connectivity index (χ0v) is 18.8. The van der Waals surface area contributed by atoms with E-state index in [-0.39, 0.29) is 50.2 Å². The quantitative estimate of drug-likeness (QED) is 0.276. The highest BCUT2D eigenvalue weighted by Gasteiger charge is 2.22. The molecule has 10 heteroatoms. The first-order valence-electron chi connectivity index (χ1n) is 6.10. The molecule has 0 amide bonds. The fourth-order valence-electron chi connectivity index (χ4n) is 1.99. The second-order valence-electron chi connectivity index (χ2n) is 4.60. The fraction of sp³-hybridized carbons (Fsp3) is 0.143. The van der Waals surface area contributed by atoms with Crippen LogP contribution in [0, 0.1) is 0 Å². The van der Waals surface area contributed by atoms with E-state index in [4.69, 9.17) is 116 Å². The van der Waals surface area contributed by atoms with Crippen molar-refractivity contribution >= 4 is 116 Å². The molecule has 0 atom stereocenters. The predicted octanol–water partition coefficient (Wildman–Crippen LogP) is 10.0. The minimum absolute atomic E-state index is 0.0886. The summed E-state index contributed by atoms with van der Waals surface area (Å²) in [5, 5.41) is 1.46. The van der Waals surface area contributed by atoms with Gasteiger partial charge in [0, 0.05) is 0 Å². The van der Waals surface area contributed by atoms with Crippen LogP contribution in [0.15, 0.2) is 0 Å². The van der Waals surface area contributed by atoms with Crippen LogP contribution >= 0.6 is 116 Å². The number of rotatable bonds is 3. The van der Waals surface area contributed by atoms with E-state index in [0.717, 1.165) is 0 Å². The van der Waals surface area contributed by atoms with E-state index in [2.05, 4.69) is 0 Å². The van der Waals surface area contributed by atoms with Gasteiger partial charge in [-0.05, 0) is 24.0 Å². The molecule has 2 aromatic rings.